The fourth-order valence-electron chi connectivity index (χ4n) is 3.94. The van der Waals surface area contributed by atoms with Crippen LogP contribution in [0.5, 0.6) is 0 Å². The second-order valence-electron chi connectivity index (χ2n) is 8.13. The topological polar surface area (TPSA) is 96.3 Å². The van der Waals surface area contributed by atoms with Crippen molar-refractivity contribution in [2.45, 2.75) is 24.5 Å². The summed E-state index contributed by atoms with van der Waals surface area (Å²) < 4.78 is 67.5. The van der Waals surface area contributed by atoms with Gasteiger partial charge in [-0.1, -0.05) is 18.5 Å². The zero-order valence-electron chi connectivity index (χ0n) is 18.7. The first kappa shape index (κ1) is 25.4. The molecule has 2 heterocycles. The van der Waals surface area contributed by atoms with E-state index in [0.29, 0.717) is 26.2 Å². The Kier molecular flexibility index (Phi) is 7.09. The van der Waals surface area contributed by atoms with Crippen molar-refractivity contribution in [3.05, 3.63) is 63.2 Å². The number of rotatable bonds is 6. The first-order valence-corrected chi connectivity index (χ1v) is 12.9. The van der Waals surface area contributed by atoms with Gasteiger partial charge in [0, 0.05) is 37.7 Å². The smallest absolute Gasteiger partial charge is 0.314 e. The van der Waals surface area contributed by atoms with Crippen molar-refractivity contribution in [2.75, 3.05) is 37.4 Å². The maximum atomic E-state index is 13.9. The van der Waals surface area contributed by atoms with Crippen LogP contribution in [0.4, 0.5) is 18.9 Å². The van der Waals surface area contributed by atoms with E-state index in [1.807, 2.05) is 4.90 Å². The fourth-order valence-corrected chi connectivity index (χ4v) is 5.14. The van der Waals surface area contributed by atoms with Crippen LogP contribution in [0, 0.1) is 0 Å². The molecular weight excluding hydrogens is 507 g/mol. The quantitative estimate of drug-likeness (QED) is 0.506. The summed E-state index contributed by atoms with van der Waals surface area (Å²) in [6.45, 7) is 4.13. The van der Waals surface area contributed by atoms with Gasteiger partial charge in [-0.15, -0.1) is 0 Å². The number of aromatic nitrogens is 2. The van der Waals surface area contributed by atoms with Gasteiger partial charge < -0.3 is 5.32 Å². The second-order valence-corrected chi connectivity index (χ2v) is 10.8. The number of halogens is 4. The van der Waals surface area contributed by atoms with Gasteiger partial charge >= 0.3 is 6.18 Å². The lowest BCUT2D eigenvalue weighted by Crippen LogP contribution is -2.43. The van der Waals surface area contributed by atoms with Gasteiger partial charge in [-0.25, -0.2) is 18.1 Å². The normalized spacial score (nSPS) is 15.5. The number of hydrogen-bond acceptors (Lipinski definition) is 7. The largest absolute Gasteiger partial charge is 0.416 e. The van der Waals surface area contributed by atoms with Crippen LogP contribution < -0.4 is 16.3 Å². The number of fused-ring (bicyclic) bond motifs is 1. The van der Waals surface area contributed by atoms with Crippen LogP contribution >= 0.6 is 11.6 Å². The third-order valence-corrected chi connectivity index (χ3v) is 7.81. The first-order chi connectivity index (χ1) is 16.5. The number of nitrogens with zero attached hydrogens (tertiary/aromatic N) is 3. The standard InChI is InChI=1S/C22H23ClF3N5O3S/c1-2-35(33,34)20-4-3-15(23)10-19(20)29-31-13-28-18-9-14(12-30-7-5-27-6-8-30)17(22(24,25)26)11-16(18)21(31)32/h3-4,9-11,13,27,29H,2,5-8,12H2,1H3. The number of hydrogen-bond donors (Lipinski definition) is 2. The molecule has 1 aliphatic rings. The molecule has 1 fully saturated rings. The number of nitrogens with one attached hydrogen (secondary N) is 2. The van der Waals surface area contributed by atoms with Crippen molar-refractivity contribution in [3.8, 4) is 0 Å². The highest BCUT2D eigenvalue weighted by molar-refractivity contribution is 7.91. The molecule has 0 spiro atoms. The van der Waals surface area contributed by atoms with E-state index in [4.69, 9.17) is 11.6 Å². The summed E-state index contributed by atoms with van der Waals surface area (Å²) in [6.07, 6.45) is -3.57. The van der Waals surface area contributed by atoms with Gasteiger partial charge in [-0.05, 0) is 35.9 Å². The zero-order valence-corrected chi connectivity index (χ0v) is 20.3. The van der Waals surface area contributed by atoms with Crippen LogP contribution in [0.3, 0.4) is 0 Å². The molecule has 35 heavy (non-hydrogen) atoms. The van der Waals surface area contributed by atoms with E-state index in [1.165, 1.54) is 31.2 Å². The zero-order chi connectivity index (χ0) is 25.4. The van der Waals surface area contributed by atoms with Crippen molar-refractivity contribution in [3.63, 3.8) is 0 Å². The molecule has 0 atom stereocenters. The second kappa shape index (κ2) is 9.76. The third-order valence-electron chi connectivity index (χ3n) is 5.79. The first-order valence-electron chi connectivity index (χ1n) is 10.8. The number of alkyl halides is 3. The van der Waals surface area contributed by atoms with Crippen LogP contribution in [0.15, 0.2) is 46.3 Å². The summed E-state index contributed by atoms with van der Waals surface area (Å²) in [5.74, 6) is -0.195. The van der Waals surface area contributed by atoms with E-state index < -0.39 is 27.1 Å². The van der Waals surface area contributed by atoms with Gasteiger partial charge in [0.15, 0.2) is 9.84 Å². The lowest BCUT2D eigenvalue weighted by Gasteiger charge is -2.28. The summed E-state index contributed by atoms with van der Waals surface area (Å²) in [7, 11) is -3.68. The fraction of sp³-hybridized carbons (Fsp3) is 0.364. The Morgan fingerprint density at radius 1 is 1.17 bits per heavy atom. The van der Waals surface area contributed by atoms with E-state index in [-0.39, 0.29) is 44.4 Å². The van der Waals surface area contributed by atoms with Crippen LogP contribution in [0.1, 0.15) is 18.1 Å². The molecule has 0 aliphatic carbocycles. The monoisotopic (exact) mass is 529 g/mol. The molecule has 4 rings (SSSR count). The van der Waals surface area contributed by atoms with Crippen LogP contribution in [-0.2, 0) is 22.6 Å². The van der Waals surface area contributed by atoms with Crippen molar-refractivity contribution < 1.29 is 21.6 Å². The predicted octanol–water partition coefficient (Wildman–Crippen LogP) is 3.14. The number of piperazine rings is 1. The molecular formula is C22H23ClF3N5O3S. The third kappa shape index (κ3) is 5.45. The van der Waals surface area contributed by atoms with E-state index >= 15 is 0 Å². The van der Waals surface area contributed by atoms with Gasteiger partial charge in [0.05, 0.1) is 32.8 Å². The summed E-state index contributed by atoms with van der Waals surface area (Å²) >= 11 is 6.01. The number of sulfone groups is 1. The predicted molar refractivity (Wildman–Crippen MR) is 127 cm³/mol. The Bertz CT molecular complexity index is 1420. The lowest BCUT2D eigenvalue weighted by molar-refractivity contribution is -0.138. The van der Waals surface area contributed by atoms with Crippen molar-refractivity contribution in [2.24, 2.45) is 0 Å². The number of anilines is 1. The molecule has 188 valence electrons. The average Bonchev–Trinajstić information content (AvgIpc) is 2.80. The Morgan fingerprint density at radius 2 is 1.89 bits per heavy atom. The minimum Gasteiger partial charge on any atom is -0.314 e. The van der Waals surface area contributed by atoms with Crippen LogP contribution in [0.25, 0.3) is 10.9 Å². The van der Waals surface area contributed by atoms with Gasteiger partial charge in [-0.2, -0.15) is 13.2 Å². The van der Waals surface area contributed by atoms with Gasteiger partial charge in [-0.3, -0.25) is 15.1 Å². The van der Waals surface area contributed by atoms with E-state index in [9.17, 15) is 26.4 Å². The Balaban J connectivity index is 1.79. The molecule has 8 nitrogen and oxygen atoms in total. The highest BCUT2D eigenvalue weighted by Gasteiger charge is 2.34. The molecule has 0 bridgehead atoms. The van der Waals surface area contributed by atoms with Gasteiger partial charge in [0.2, 0.25) is 0 Å². The molecule has 0 unspecified atom stereocenters. The molecule has 1 aromatic heterocycles. The van der Waals surface area contributed by atoms with E-state index in [1.54, 1.807) is 0 Å². The van der Waals surface area contributed by atoms with Crippen molar-refractivity contribution in [1.82, 2.24) is 19.9 Å². The molecule has 3 aromatic rings. The van der Waals surface area contributed by atoms with Gasteiger partial charge in [0.25, 0.3) is 5.56 Å². The van der Waals surface area contributed by atoms with Gasteiger partial charge in [0.1, 0.15) is 6.33 Å². The molecule has 0 radical (unpaired) electrons. The van der Waals surface area contributed by atoms with Crippen LogP contribution in [0.2, 0.25) is 5.02 Å². The maximum absolute atomic E-state index is 13.9. The van der Waals surface area contributed by atoms with E-state index in [0.717, 1.165) is 17.1 Å². The minimum absolute atomic E-state index is 0.00831. The summed E-state index contributed by atoms with van der Waals surface area (Å²) in [6, 6.07) is 6.11. The average molecular weight is 530 g/mol. The maximum Gasteiger partial charge on any atom is 0.416 e. The molecule has 0 saturated carbocycles. The summed E-state index contributed by atoms with van der Waals surface area (Å²) in [4.78, 5) is 19.1. The highest BCUT2D eigenvalue weighted by Crippen LogP contribution is 2.34. The number of benzene rings is 2. The van der Waals surface area contributed by atoms with Crippen LogP contribution in [-0.4, -0.2) is 54.9 Å². The van der Waals surface area contributed by atoms with E-state index in [2.05, 4.69) is 15.7 Å². The lowest BCUT2D eigenvalue weighted by atomic mass is 10.0. The highest BCUT2D eigenvalue weighted by atomic mass is 35.5. The molecule has 2 aromatic carbocycles. The SMILES string of the molecule is CCS(=O)(=O)c1ccc(Cl)cc1Nn1cnc2cc(CN3CCNCC3)c(C(F)(F)F)cc2c1=O. The Labute approximate surface area is 204 Å². The molecule has 1 aliphatic heterocycles. The summed E-state index contributed by atoms with van der Waals surface area (Å²) in [5, 5.41) is 3.11. The molecule has 13 heteroatoms. The molecule has 0 amide bonds. The Morgan fingerprint density at radius 3 is 2.54 bits per heavy atom. The molecule has 1 saturated heterocycles. The Hall–Kier alpha value is -2.67. The van der Waals surface area contributed by atoms with Crippen molar-refractivity contribution >= 4 is 38.0 Å². The van der Waals surface area contributed by atoms with Crippen molar-refractivity contribution in [1.29, 1.82) is 0 Å². The molecule has 2 N–H and O–H groups in total. The summed E-state index contributed by atoms with van der Waals surface area (Å²) in [5.41, 5.74) is 1.07. The minimum atomic E-state index is -4.67.